The maximum atomic E-state index is 13.1. The Balaban J connectivity index is 2.38. The fourth-order valence-corrected chi connectivity index (χ4v) is 7.96. The van der Waals surface area contributed by atoms with Crippen LogP contribution in [-0.2, 0) is 14.3 Å². The number of hydrogen-bond donors (Lipinski definition) is 8. The molecule has 1 saturated heterocycles. The smallest absolute Gasteiger partial charge is 0.249 e. The third-order valence-electron chi connectivity index (χ3n) is 12.1. The van der Waals surface area contributed by atoms with E-state index in [2.05, 4.69) is 31.3 Å². The average Bonchev–Trinajstić information content (AvgIpc) is 3.23. The molecule has 0 aromatic rings. The SMILES string of the molecule is CCCCCCCC=CCCCCCC(O)C(O)C(COC1OC(CO)C(O)C(O)C1O)NC(=O)C(O)CCCCCCCCCCCCCCCCCCCCCC. The molecule has 11 heteroatoms. The van der Waals surface area contributed by atoms with Crippen LogP contribution in [0.2, 0.25) is 0 Å². The number of nitrogens with one attached hydrogen (secondary N) is 1. The number of amides is 1. The lowest BCUT2D eigenvalue weighted by atomic mass is 9.98. The van der Waals surface area contributed by atoms with Crippen LogP contribution in [0.3, 0.4) is 0 Å². The van der Waals surface area contributed by atoms with Gasteiger partial charge in [0.1, 0.15) is 36.6 Å². The van der Waals surface area contributed by atoms with Crippen molar-refractivity contribution in [2.75, 3.05) is 13.2 Å². The third-order valence-corrected chi connectivity index (χ3v) is 12.1. The minimum atomic E-state index is -1.66. The molecule has 0 bridgehead atoms. The van der Waals surface area contributed by atoms with E-state index in [1.807, 2.05) is 0 Å². The molecular formula is C48H93NO10. The highest BCUT2D eigenvalue weighted by Crippen LogP contribution is 2.23. The highest BCUT2D eigenvalue weighted by molar-refractivity contribution is 5.80. The number of hydrogen-bond acceptors (Lipinski definition) is 10. The number of rotatable bonds is 41. The fraction of sp³-hybridized carbons (Fsp3) is 0.938. The van der Waals surface area contributed by atoms with Gasteiger partial charge in [-0.1, -0.05) is 193 Å². The summed E-state index contributed by atoms with van der Waals surface area (Å²) in [6, 6.07) is -1.17. The van der Waals surface area contributed by atoms with Crippen LogP contribution in [-0.4, -0.2) is 110 Å². The Kier molecular flexibility index (Phi) is 36.5. The number of carbonyl (C=O) groups excluding carboxylic acids is 1. The number of aliphatic hydroxyl groups excluding tert-OH is 7. The Labute approximate surface area is 360 Å². The van der Waals surface area contributed by atoms with E-state index >= 15 is 0 Å². The lowest BCUT2D eigenvalue weighted by Gasteiger charge is -2.40. The molecule has 0 spiro atoms. The van der Waals surface area contributed by atoms with Gasteiger partial charge in [0.15, 0.2) is 6.29 Å². The minimum Gasteiger partial charge on any atom is -0.394 e. The first kappa shape index (κ1) is 55.9. The van der Waals surface area contributed by atoms with Crippen molar-refractivity contribution in [3.63, 3.8) is 0 Å². The van der Waals surface area contributed by atoms with E-state index in [1.54, 1.807) is 0 Å². The zero-order chi connectivity index (χ0) is 43.4. The van der Waals surface area contributed by atoms with Gasteiger partial charge >= 0.3 is 0 Å². The van der Waals surface area contributed by atoms with Crippen molar-refractivity contribution in [3.8, 4) is 0 Å². The standard InChI is InChI=1S/C48H93NO10/c1-3-5-7-9-11-13-15-17-18-19-20-21-22-23-24-26-28-30-32-34-36-41(52)47(57)49-39(38-58-48-46(56)45(55)44(54)42(37-50)59-48)43(53)40(51)35-33-31-29-27-25-16-14-12-10-8-6-4-2/h16,25,39-46,48,50-56H,3-15,17-24,26-38H2,1-2H3,(H,49,57). The molecule has 8 N–H and O–H groups in total. The van der Waals surface area contributed by atoms with Crippen molar-refractivity contribution in [2.45, 2.75) is 274 Å². The van der Waals surface area contributed by atoms with E-state index in [9.17, 15) is 40.5 Å². The van der Waals surface area contributed by atoms with E-state index in [1.165, 1.54) is 135 Å². The first-order valence-corrected chi connectivity index (χ1v) is 24.6. The summed E-state index contributed by atoms with van der Waals surface area (Å²) in [5.41, 5.74) is 0. The molecule has 1 heterocycles. The maximum Gasteiger partial charge on any atom is 0.249 e. The molecule has 9 atom stereocenters. The predicted molar refractivity (Wildman–Crippen MR) is 238 cm³/mol. The Morgan fingerprint density at radius 1 is 0.576 bits per heavy atom. The van der Waals surface area contributed by atoms with Gasteiger partial charge in [0.05, 0.1) is 25.4 Å². The summed E-state index contributed by atoms with van der Waals surface area (Å²) >= 11 is 0. The number of allylic oxidation sites excluding steroid dienone is 2. The van der Waals surface area contributed by atoms with Gasteiger partial charge in [0, 0.05) is 0 Å². The van der Waals surface area contributed by atoms with E-state index in [4.69, 9.17) is 9.47 Å². The van der Waals surface area contributed by atoms with Gasteiger partial charge in [-0.3, -0.25) is 4.79 Å². The molecule has 350 valence electrons. The molecule has 0 aliphatic carbocycles. The Bertz CT molecular complexity index is 970. The molecule has 1 rings (SSSR count). The maximum absolute atomic E-state index is 13.1. The second-order valence-electron chi connectivity index (χ2n) is 17.5. The Morgan fingerprint density at radius 2 is 0.983 bits per heavy atom. The van der Waals surface area contributed by atoms with Crippen LogP contribution in [0.4, 0.5) is 0 Å². The summed E-state index contributed by atoms with van der Waals surface area (Å²) in [5.74, 6) is -0.700. The van der Waals surface area contributed by atoms with Crippen molar-refractivity contribution in [3.05, 3.63) is 12.2 Å². The van der Waals surface area contributed by atoms with Crippen LogP contribution in [0.1, 0.15) is 219 Å². The van der Waals surface area contributed by atoms with Crippen LogP contribution < -0.4 is 5.32 Å². The number of unbranched alkanes of at least 4 members (excludes halogenated alkanes) is 27. The van der Waals surface area contributed by atoms with Gasteiger partial charge in [0.25, 0.3) is 0 Å². The lowest BCUT2D eigenvalue weighted by molar-refractivity contribution is -0.303. The summed E-state index contributed by atoms with van der Waals surface area (Å²) in [6.07, 6.45) is 29.8. The molecule has 59 heavy (non-hydrogen) atoms. The first-order chi connectivity index (χ1) is 28.7. The normalized spacial score (nSPS) is 21.8. The monoisotopic (exact) mass is 844 g/mol. The Morgan fingerprint density at radius 3 is 1.44 bits per heavy atom. The van der Waals surface area contributed by atoms with E-state index in [0.29, 0.717) is 12.8 Å². The third kappa shape index (κ3) is 28.2. The predicted octanol–water partition coefficient (Wildman–Crippen LogP) is 8.45. The van der Waals surface area contributed by atoms with Crippen molar-refractivity contribution in [2.24, 2.45) is 0 Å². The molecule has 1 aliphatic heterocycles. The van der Waals surface area contributed by atoms with Crippen LogP contribution in [0.5, 0.6) is 0 Å². The van der Waals surface area contributed by atoms with Gasteiger partial charge in [-0.05, 0) is 38.5 Å². The lowest BCUT2D eigenvalue weighted by Crippen LogP contribution is -2.60. The molecule has 9 unspecified atom stereocenters. The molecule has 1 aliphatic rings. The second-order valence-corrected chi connectivity index (χ2v) is 17.5. The largest absolute Gasteiger partial charge is 0.394 e. The fourth-order valence-electron chi connectivity index (χ4n) is 7.96. The van der Waals surface area contributed by atoms with Crippen molar-refractivity contribution < 1.29 is 50.0 Å². The van der Waals surface area contributed by atoms with Gasteiger partial charge < -0.3 is 50.5 Å². The number of aliphatic hydroxyl groups is 7. The molecule has 1 amide bonds. The molecule has 0 aromatic heterocycles. The zero-order valence-corrected chi connectivity index (χ0v) is 37.7. The summed E-state index contributed by atoms with van der Waals surface area (Å²) in [7, 11) is 0. The Hall–Kier alpha value is -1.15. The summed E-state index contributed by atoms with van der Waals surface area (Å²) in [5, 5.41) is 75.7. The van der Waals surface area contributed by atoms with Crippen LogP contribution in [0, 0.1) is 0 Å². The van der Waals surface area contributed by atoms with Gasteiger partial charge in [-0.25, -0.2) is 0 Å². The average molecular weight is 844 g/mol. The van der Waals surface area contributed by atoms with Crippen molar-refractivity contribution >= 4 is 5.91 Å². The minimum absolute atomic E-state index is 0.261. The number of carbonyl (C=O) groups is 1. The van der Waals surface area contributed by atoms with E-state index < -0.39 is 74.2 Å². The molecule has 0 aromatic carbocycles. The second kappa shape index (κ2) is 38.5. The topological polar surface area (TPSA) is 189 Å². The van der Waals surface area contributed by atoms with Crippen LogP contribution in [0.25, 0.3) is 0 Å². The van der Waals surface area contributed by atoms with Crippen LogP contribution in [0.15, 0.2) is 12.2 Å². The molecule has 11 nitrogen and oxygen atoms in total. The molecule has 1 fully saturated rings. The van der Waals surface area contributed by atoms with Gasteiger partial charge in [-0.15, -0.1) is 0 Å². The molecule has 0 saturated carbocycles. The molecular weight excluding hydrogens is 751 g/mol. The van der Waals surface area contributed by atoms with Crippen molar-refractivity contribution in [1.29, 1.82) is 0 Å². The summed E-state index contributed by atoms with van der Waals surface area (Å²) in [4.78, 5) is 13.1. The summed E-state index contributed by atoms with van der Waals surface area (Å²) in [6.45, 7) is 3.43. The highest BCUT2D eigenvalue weighted by Gasteiger charge is 2.44. The summed E-state index contributed by atoms with van der Waals surface area (Å²) < 4.78 is 11.1. The highest BCUT2D eigenvalue weighted by atomic mass is 16.7. The van der Waals surface area contributed by atoms with Gasteiger partial charge in [-0.2, -0.15) is 0 Å². The van der Waals surface area contributed by atoms with Crippen LogP contribution >= 0.6 is 0 Å². The van der Waals surface area contributed by atoms with E-state index in [-0.39, 0.29) is 12.8 Å². The number of ether oxygens (including phenoxy) is 2. The van der Waals surface area contributed by atoms with Crippen molar-refractivity contribution in [1.82, 2.24) is 5.32 Å². The first-order valence-electron chi connectivity index (χ1n) is 24.6. The van der Waals surface area contributed by atoms with Gasteiger partial charge in [0.2, 0.25) is 5.91 Å². The zero-order valence-electron chi connectivity index (χ0n) is 37.7. The quantitative estimate of drug-likeness (QED) is 0.0219. The van der Waals surface area contributed by atoms with E-state index in [0.717, 1.165) is 44.9 Å². The molecule has 0 radical (unpaired) electrons.